The molecule has 7 aromatic carbocycles. The smallest absolute Gasteiger partial charge is 0.160 e. The topological polar surface area (TPSA) is 25.8 Å². The minimum atomic E-state index is 0.708. The van der Waals surface area contributed by atoms with Gasteiger partial charge in [-0.15, -0.1) is 11.3 Å². The molecule has 0 N–H and O–H groups in total. The largest absolute Gasteiger partial charge is 0.228 e. The van der Waals surface area contributed by atoms with E-state index in [0.29, 0.717) is 5.82 Å². The minimum absolute atomic E-state index is 0.708. The van der Waals surface area contributed by atoms with Crippen LogP contribution < -0.4 is 0 Å². The van der Waals surface area contributed by atoms with Crippen molar-refractivity contribution in [1.82, 2.24) is 9.97 Å². The van der Waals surface area contributed by atoms with Gasteiger partial charge in [0.15, 0.2) is 5.82 Å². The van der Waals surface area contributed by atoms with E-state index in [0.717, 1.165) is 39.2 Å². The van der Waals surface area contributed by atoms with Gasteiger partial charge in [0.05, 0.1) is 11.4 Å². The summed E-state index contributed by atoms with van der Waals surface area (Å²) in [5.74, 6) is 0.708. The van der Waals surface area contributed by atoms with Crippen LogP contribution in [0.1, 0.15) is 0 Å². The van der Waals surface area contributed by atoms with Crippen molar-refractivity contribution in [3.05, 3.63) is 182 Å². The van der Waals surface area contributed by atoms with E-state index in [2.05, 4.69) is 158 Å². The molecule has 2 nitrogen and oxygen atoms in total. The van der Waals surface area contributed by atoms with Crippen LogP contribution in [0.2, 0.25) is 0 Å². The number of benzene rings is 7. The third-order valence-corrected chi connectivity index (χ3v) is 10.2. The molecule has 0 saturated heterocycles. The zero-order valence-corrected chi connectivity index (χ0v) is 27.4. The first-order chi connectivity index (χ1) is 24.3. The first-order valence-electron chi connectivity index (χ1n) is 16.5. The maximum Gasteiger partial charge on any atom is 0.160 e. The fourth-order valence-electron chi connectivity index (χ4n) is 6.68. The predicted molar refractivity (Wildman–Crippen MR) is 208 cm³/mol. The average Bonchev–Trinajstić information content (AvgIpc) is 3.57. The van der Waals surface area contributed by atoms with Gasteiger partial charge in [-0.2, -0.15) is 0 Å². The minimum Gasteiger partial charge on any atom is -0.228 e. The van der Waals surface area contributed by atoms with Crippen molar-refractivity contribution in [2.75, 3.05) is 0 Å². The molecule has 230 valence electrons. The molecule has 0 atom stereocenters. The van der Waals surface area contributed by atoms with Crippen LogP contribution in [0.25, 0.3) is 87.5 Å². The Hall–Kier alpha value is -6.16. The second-order valence-corrected chi connectivity index (χ2v) is 13.3. The van der Waals surface area contributed by atoms with Gasteiger partial charge in [-0.05, 0) is 75.8 Å². The third kappa shape index (κ3) is 5.61. The van der Waals surface area contributed by atoms with E-state index in [1.807, 2.05) is 35.6 Å². The molecule has 0 bridgehead atoms. The second-order valence-electron chi connectivity index (χ2n) is 12.2. The summed E-state index contributed by atoms with van der Waals surface area (Å²) >= 11 is 1.85. The predicted octanol–water partition coefficient (Wildman–Crippen LogP) is 12.8. The summed E-state index contributed by atoms with van der Waals surface area (Å²) in [5, 5.41) is 2.58. The average molecular weight is 643 g/mol. The van der Waals surface area contributed by atoms with Gasteiger partial charge < -0.3 is 0 Å². The number of rotatable bonds is 6. The molecular formula is C46H30N2S. The number of thiophene rings is 1. The summed E-state index contributed by atoms with van der Waals surface area (Å²) in [6, 6.07) is 64.6. The van der Waals surface area contributed by atoms with E-state index < -0.39 is 0 Å². The Morgan fingerprint density at radius 3 is 1.57 bits per heavy atom. The molecule has 0 unspecified atom stereocenters. The molecule has 2 heterocycles. The van der Waals surface area contributed by atoms with E-state index in [1.165, 1.54) is 42.4 Å². The van der Waals surface area contributed by atoms with Crippen molar-refractivity contribution in [1.29, 1.82) is 0 Å². The van der Waals surface area contributed by atoms with Gasteiger partial charge in [0.25, 0.3) is 0 Å². The second kappa shape index (κ2) is 12.5. The third-order valence-electron chi connectivity index (χ3n) is 9.09. The molecule has 49 heavy (non-hydrogen) atoms. The summed E-state index contributed by atoms with van der Waals surface area (Å²) in [4.78, 5) is 10.3. The van der Waals surface area contributed by atoms with Gasteiger partial charge in [0, 0.05) is 36.9 Å². The molecule has 0 radical (unpaired) electrons. The van der Waals surface area contributed by atoms with Crippen molar-refractivity contribution in [3.63, 3.8) is 0 Å². The number of aromatic nitrogens is 2. The van der Waals surface area contributed by atoms with E-state index >= 15 is 0 Å². The Morgan fingerprint density at radius 2 is 0.837 bits per heavy atom. The number of hydrogen-bond donors (Lipinski definition) is 0. The van der Waals surface area contributed by atoms with Crippen molar-refractivity contribution in [3.8, 4) is 67.3 Å². The van der Waals surface area contributed by atoms with Crippen LogP contribution in [0.4, 0.5) is 0 Å². The lowest BCUT2D eigenvalue weighted by Gasteiger charge is -2.15. The lowest BCUT2D eigenvalue weighted by Crippen LogP contribution is -1.96. The molecule has 0 aliphatic heterocycles. The highest BCUT2D eigenvalue weighted by Crippen LogP contribution is 2.40. The first kappa shape index (κ1) is 29.0. The Bertz CT molecular complexity index is 2530. The van der Waals surface area contributed by atoms with Gasteiger partial charge in [0.1, 0.15) is 0 Å². The number of hydrogen-bond acceptors (Lipinski definition) is 3. The fraction of sp³-hybridized carbons (Fsp3) is 0. The van der Waals surface area contributed by atoms with Crippen molar-refractivity contribution in [2.45, 2.75) is 0 Å². The summed E-state index contributed by atoms with van der Waals surface area (Å²) in [7, 11) is 0. The molecular weight excluding hydrogens is 613 g/mol. The van der Waals surface area contributed by atoms with Crippen molar-refractivity contribution >= 4 is 31.5 Å². The van der Waals surface area contributed by atoms with Crippen molar-refractivity contribution < 1.29 is 0 Å². The van der Waals surface area contributed by atoms with Crippen LogP contribution >= 0.6 is 11.3 Å². The SMILES string of the molecule is c1ccc(-c2cc(-c3cc(-c4ccc5sc6ccccc6c5c4)cc(-c4ccccc4-c4ccccc4)c3)nc(-c3ccccc3)n2)cc1. The molecule has 3 heteroatoms. The maximum absolute atomic E-state index is 5.22. The monoisotopic (exact) mass is 642 g/mol. The molecule has 0 spiro atoms. The van der Waals surface area contributed by atoms with Crippen LogP contribution in [0.3, 0.4) is 0 Å². The van der Waals surface area contributed by atoms with Crippen molar-refractivity contribution in [2.24, 2.45) is 0 Å². The van der Waals surface area contributed by atoms with Crippen LogP contribution in [0.15, 0.2) is 182 Å². The van der Waals surface area contributed by atoms with E-state index in [9.17, 15) is 0 Å². The normalized spacial score (nSPS) is 11.3. The van der Waals surface area contributed by atoms with E-state index in [4.69, 9.17) is 9.97 Å². The van der Waals surface area contributed by atoms with E-state index in [1.54, 1.807) is 0 Å². The summed E-state index contributed by atoms with van der Waals surface area (Å²) < 4.78 is 2.61. The summed E-state index contributed by atoms with van der Waals surface area (Å²) in [5.41, 5.74) is 11.9. The molecule has 0 fully saturated rings. The Morgan fingerprint density at radius 1 is 0.306 bits per heavy atom. The first-order valence-corrected chi connectivity index (χ1v) is 17.3. The standard InChI is InChI=1S/C46H30N2S/c1-4-14-31(15-5-1)38-20-10-11-21-39(38)36-26-35(34-24-25-45-41(29-34)40-22-12-13-23-44(40)49-45)27-37(28-36)43-30-42(32-16-6-2-7-17-32)47-46(48-43)33-18-8-3-9-19-33/h1-30H. The van der Waals surface area contributed by atoms with Gasteiger partial charge >= 0.3 is 0 Å². The lowest BCUT2D eigenvalue weighted by molar-refractivity contribution is 1.18. The van der Waals surface area contributed by atoms with Crippen LogP contribution in [-0.4, -0.2) is 9.97 Å². The summed E-state index contributed by atoms with van der Waals surface area (Å²) in [6.45, 7) is 0. The summed E-state index contributed by atoms with van der Waals surface area (Å²) in [6.07, 6.45) is 0. The molecule has 9 aromatic rings. The molecule has 0 amide bonds. The van der Waals surface area contributed by atoms with Gasteiger partial charge in [0.2, 0.25) is 0 Å². The highest BCUT2D eigenvalue weighted by Gasteiger charge is 2.16. The van der Waals surface area contributed by atoms with Crippen LogP contribution in [0.5, 0.6) is 0 Å². The molecule has 2 aromatic heterocycles. The molecule has 0 saturated carbocycles. The highest BCUT2D eigenvalue weighted by molar-refractivity contribution is 7.25. The van der Waals surface area contributed by atoms with E-state index in [-0.39, 0.29) is 0 Å². The lowest BCUT2D eigenvalue weighted by atomic mass is 9.90. The Kier molecular flexibility index (Phi) is 7.38. The molecule has 0 aliphatic carbocycles. The van der Waals surface area contributed by atoms with Gasteiger partial charge in [-0.25, -0.2) is 9.97 Å². The zero-order chi connectivity index (χ0) is 32.6. The fourth-order valence-corrected chi connectivity index (χ4v) is 7.76. The van der Waals surface area contributed by atoms with Crippen LogP contribution in [0, 0.1) is 0 Å². The maximum atomic E-state index is 5.22. The van der Waals surface area contributed by atoms with Gasteiger partial charge in [-0.1, -0.05) is 140 Å². The molecule has 0 aliphatic rings. The Labute approximate surface area is 289 Å². The highest BCUT2D eigenvalue weighted by atomic mass is 32.1. The van der Waals surface area contributed by atoms with Gasteiger partial charge in [-0.3, -0.25) is 0 Å². The molecule has 9 rings (SSSR count). The Balaban J connectivity index is 1.29. The zero-order valence-electron chi connectivity index (χ0n) is 26.6. The number of fused-ring (bicyclic) bond motifs is 3. The van der Waals surface area contributed by atoms with Crippen LogP contribution in [-0.2, 0) is 0 Å². The number of nitrogens with zero attached hydrogens (tertiary/aromatic N) is 2. The quantitative estimate of drug-likeness (QED) is 0.180.